The van der Waals surface area contributed by atoms with Gasteiger partial charge in [-0.2, -0.15) is 40.8 Å². The third-order valence-electron chi connectivity index (χ3n) is 3.11. The summed E-state index contributed by atoms with van der Waals surface area (Å²) >= 11 is 0. The highest BCUT2D eigenvalue weighted by Crippen LogP contribution is 1.80. The van der Waals surface area contributed by atoms with Gasteiger partial charge in [0.25, 0.3) is 0 Å². The number of hydrogen-bond acceptors (Lipinski definition) is 16. The van der Waals surface area contributed by atoms with Gasteiger partial charge in [0.1, 0.15) is 17.5 Å². The summed E-state index contributed by atoms with van der Waals surface area (Å²) < 4.78 is 0. The molecule has 0 aliphatic carbocycles. The molecule has 52 heavy (non-hydrogen) atoms. The number of hydrazone groups is 1. The van der Waals surface area contributed by atoms with Gasteiger partial charge in [-0.05, 0) is 48.5 Å². The van der Waals surface area contributed by atoms with E-state index in [9.17, 15) is 0 Å². The monoisotopic (exact) mass is 733 g/mol. The lowest BCUT2D eigenvalue weighted by molar-refractivity contribution is 1.00. The maximum atomic E-state index is 6.75. The lowest BCUT2D eigenvalue weighted by Crippen LogP contribution is -2.25. The topological polar surface area (TPSA) is 534 Å². The molecule has 29 heteroatoms. The van der Waals surface area contributed by atoms with Crippen molar-refractivity contribution in [3.8, 4) is 0 Å². The summed E-state index contributed by atoms with van der Waals surface area (Å²) in [4.78, 5) is 0. The standard InChI is InChI=1S/3C6H13N7.C5H12N8/c3*1-4(11-13-6(8)9)3-10-12-5(2)7;1-3(11-13-5(8)9)2-10-12-4(6)7/h3*3H,1-2H3,(H2,7,12)(H4,8,9,13);2H,1H3,(H4,6,7,12)(H4,8,9,13)/b10-3-,11-4+;2*10-3-,11-4-;10-2-,11-3-. The first kappa shape index (κ1) is 51.0. The quantitative estimate of drug-likeness (QED) is 0.0509. The van der Waals surface area contributed by atoms with E-state index in [0.29, 0.717) is 40.4 Å². The molecule has 0 atom stereocenters. The van der Waals surface area contributed by atoms with E-state index < -0.39 is 0 Å². The van der Waals surface area contributed by atoms with Gasteiger partial charge in [-0.3, -0.25) is 5.41 Å². The molecule has 288 valence electrons. The Bertz CT molecular complexity index is 1370. The molecule has 0 saturated heterocycles. The van der Waals surface area contributed by atoms with Crippen molar-refractivity contribution >= 4 is 95.0 Å². The van der Waals surface area contributed by atoms with Gasteiger partial charge in [-0.25, -0.2) is 5.43 Å². The molecule has 0 radical (unpaired) electrons. The van der Waals surface area contributed by atoms with E-state index in [0.717, 1.165) is 0 Å². The average Bonchev–Trinajstić information content (AvgIpc) is 3.01. The zero-order valence-corrected chi connectivity index (χ0v) is 29.9. The van der Waals surface area contributed by atoms with Gasteiger partial charge < -0.3 is 68.8 Å². The SMILES string of the molecule is CC(/C=N\NC(=N)N)=N/N=C(N)N.CC(N)=N/N=C\C(C)=N/N=C(N)N.CC(N)=N/N=C\C(C)=N/N=C(N)N.CC(N)=N/N=C\C(C)=N\N=C(N)N. The van der Waals surface area contributed by atoms with E-state index in [-0.39, 0.29) is 29.8 Å². The Morgan fingerprint density at radius 2 is 0.596 bits per heavy atom. The molecular weight excluding hydrogens is 682 g/mol. The molecule has 0 aliphatic heterocycles. The normalized spacial score (nSPS) is 12.9. The van der Waals surface area contributed by atoms with Crippen molar-refractivity contribution in [2.75, 3.05) is 0 Å². The van der Waals surface area contributed by atoms with Crippen molar-refractivity contribution in [2.45, 2.75) is 48.5 Å². The number of nitrogens with zero attached hydrogens (tertiary/aromatic N) is 15. The van der Waals surface area contributed by atoms with Crippen molar-refractivity contribution in [3.05, 3.63) is 0 Å². The van der Waals surface area contributed by atoms with Crippen LogP contribution in [0.15, 0.2) is 76.5 Å². The minimum Gasteiger partial charge on any atom is -0.386 e. The Morgan fingerprint density at radius 3 is 0.788 bits per heavy atom. The second kappa shape index (κ2) is 33.0. The molecule has 0 aliphatic rings. The Balaban J connectivity index is -0.000000295. The van der Waals surface area contributed by atoms with Crippen molar-refractivity contribution in [2.24, 2.45) is 145 Å². The zero-order valence-electron chi connectivity index (χ0n) is 29.9. The van der Waals surface area contributed by atoms with Crippen LogP contribution in [-0.2, 0) is 0 Å². The van der Waals surface area contributed by atoms with E-state index in [4.69, 9.17) is 74.2 Å². The molecule has 0 rings (SSSR count). The fraction of sp³-hybridized carbons (Fsp3) is 0.304. The van der Waals surface area contributed by atoms with Crippen molar-refractivity contribution in [1.29, 1.82) is 5.41 Å². The van der Waals surface area contributed by atoms with E-state index >= 15 is 0 Å². The van der Waals surface area contributed by atoms with Gasteiger partial charge in [-0.1, -0.05) is 0 Å². The van der Waals surface area contributed by atoms with Crippen LogP contribution in [-0.4, -0.2) is 95.0 Å². The van der Waals surface area contributed by atoms with Crippen LogP contribution in [0.3, 0.4) is 0 Å². The molecule has 0 aromatic heterocycles. The molecule has 0 heterocycles. The summed E-state index contributed by atoms with van der Waals surface area (Å²) in [5.74, 6) is 0.393. The summed E-state index contributed by atoms with van der Waals surface area (Å²) in [6.45, 7) is 11.5. The summed E-state index contributed by atoms with van der Waals surface area (Å²) in [5, 5.41) is 59.8. The predicted octanol–water partition coefficient (Wildman–Crippen LogP) is -4.90. The minimum absolute atomic E-state index is 0.105. The molecule has 0 spiro atoms. The van der Waals surface area contributed by atoms with Gasteiger partial charge in [0.2, 0.25) is 29.8 Å². The molecule has 29 nitrogen and oxygen atoms in total. The summed E-state index contributed by atoms with van der Waals surface area (Å²) in [5.41, 5.74) is 65.2. The fourth-order valence-corrected chi connectivity index (χ4v) is 1.46. The number of amidine groups is 3. The van der Waals surface area contributed by atoms with E-state index in [1.807, 2.05) is 0 Å². The zero-order chi connectivity index (χ0) is 41.1. The highest BCUT2D eigenvalue weighted by Gasteiger charge is 1.86. The molecule has 26 N–H and O–H groups in total. The number of rotatable bonds is 12. The van der Waals surface area contributed by atoms with Crippen LogP contribution in [0.2, 0.25) is 0 Å². The molecule has 0 unspecified atom stereocenters. The Labute approximate surface area is 299 Å². The highest BCUT2D eigenvalue weighted by atomic mass is 15.3. The maximum Gasteiger partial charge on any atom is 0.211 e. The van der Waals surface area contributed by atoms with Gasteiger partial charge in [0, 0.05) is 0 Å². The summed E-state index contributed by atoms with van der Waals surface area (Å²) in [7, 11) is 0. The second-order valence-electron chi connectivity index (χ2n) is 8.81. The Morgan fingerprint density at radius 1 is 0.365 bits per heavy atom. The van der Waals surface area contributed by atoms with Gasteiger partial charge in [0.05, 0.1) is 47.7 Å². The smallest absolute Gasteiger partial charge is 0.211 e. The van der Waals surface area contributed by atoms with Crippen LogP contribution in [0, 0.1) is 5.41 Å². The van der Waals surface area contributed by atoms with Gasteiger partial charge in [-0.15, -0.1) is 35.7 Å². The van der Waals surface area contributed by atoms with Crippen LogP contribution < -0.4 is 74.2 Å². The number of nitrogens with one attached hydrogen (secondary N) is 2. The first-order chi connectivity index (χ1) is 24.1. The summed E-state index contributed by atoms with van der Waals surface area (Å²) in [6.07, 6.45) is 5.50. The molecule has 0 aromatic rings. The molecule has 0 bridgehead atoms. The predicted molar refractivity (Wildman–Crippen MR) is 217 cm³/mol. The molecule has 0 fully saturated rings. The number of hydrogen-bond donors (Lipinski definition) is 14. The minimum atomic E-state index is -0.258. The second-order valence-corrected chi connectivity index (χ2v) is 8.81. The van der Waals surface area contributed by atoms with Crippen LogP contribution in [0.4, 0.5) is 0 Å². The average molecular weight is 734 g/mol. The lowest BCUT2D eigenvalue weighted by atomic mass is 10.5. The molecule has 0 amide bonds. The largest absolute Gasteiger partial charge is 0.386 e. The Kier molecular flexibility index (Phi) is 32.4. The fourth-order valence-electron chi connectivity index (χ4n) is 1.46. The molecule has 0 saturated carbocycles. The van der Waals surface area contributed by atoms with E-state index in [1.165, 1.54) is 24.9 Å². The van der Waals surface area contributed by atoms with Crippen molar-refractivity contribution in [3.63, 3.8) is 0 Å². The van der Waals surface area contributed by atoms with E-state index in [1.54, 1.807) is 48.5 Å². The lowest BCUT2D eigenvalue weighted by Gasteiger charge is -1.92. The van der Waals surface area contributed by atoms with Gasteiger partial charge in [0.15, 0.2) is 0 Å². The first-order valence-corrected chi connectivity index (χ1v) is 13.7. The first-order valence-electron chi connectivity index (χ1n) is 13.7. The third-order valence-corrected chi connectivity index (χ3v) is 3.11. The van der Waals surface area contributed by atoms with Gasteiger partial charge >= 0.3 is 0 Å². The molecule has 0 aromatic carbocycles. The Hall–Kier alpha value is -7.88. The van der Waals surface area contributed by atoms with E-state index in [2.05, 4.69) is 81.9 Å². The maximum absolute atomic E-state index is 6.75. The highest BCUT2D eigenvalue weighted by molar-refractivity contribution is 6.30. The van der Waals surface area contributed by atoms with Crippen LogP contribution in [0.25, 0.3) is 0 Å². The van der Waals surface area contributed by atoms with Crippen LogP contribution >= 0.6 is 0 Å². The number of nitrogens with two attached hydrogens (primary N) is 12. The third kappa shape index (κ3) is 54.6. The van der Waals surface area contributed by atoms with Crippen LogP contribution in [0.5, 0.6) is 0 Å². The molecular formula is C23H51N29. The summed E-state index contributed by atoms with van der Waals surface area (Å²) in [6, 6.07) is 0. The van der Waals surface area contributed by atoms with Crippen molar-refractivity contribution in [1.82, 2.24) is 5.43 Å². The van der Waals surface area contributed by atoms with Crippen molar-refractivity contribution < 1.29 is 0 Å². The number of guanidine groups is 5. The van der Waals surface area contributed by atoms with Crippen LogP contribution in [0.1, 0.15) is 48.5 Å².